The molecule has 132 valence electrons. The lowest BCUT2D eigenvalue weighted by Crippen LogP contribution is -2.37. The molecule has 1 fully saturated rings. The van der Waals surface area contributed by atoms with Gasteiger partial charge in [-0.3, -0.25) is 14.5 Å². The normalized spacial score (nSPS) is 18.8. The molecular formula is C18H25FN2O3. The van der Waals surface area contributed by atoms with E-state index in [0.29, 0.717) is 18.7 Å². The van der Waals surface area contributed by atoms with Gasteiger partial charge in [-0.05, 0) is 62.4 Å². The van der Waals surface area contributed by atoms with Crippen molar-refractivity contribution < 1.29 is 19.1 Å². The van der Waals surface area contributed by atoms with Gasteiger partial charge in [0.15, 0.2) is 0 Å². The van der Waals surface area contributed by atoms with Crippen LogP contribution < -0.4 is 5.32 Å². The molecule has 1 aromatic carbocycles. The molecule has 1 atom stereocenters. The molecule has 1 aromatic rings. The molecule has 1 aliphatic rings. The number of carbonyl (C=O) groups is 2. The van der Waals surface area contributed by atoms with Gasteiger partial charge in [0.05, 0.1) is 6.54 Å². The number of halogens is 1. The van der Waals surface area contributed by atoms with E-state index in [0.717, 1.165) is 37.9 Å². The van der Waals surface area contributed by atoms with Gasteiger partial charge in [0.2, 0.25) is 5.91 Å². The summed E-state index contributed by atoms with van der Waals surface area (Å²) in [7, 11) is 0. The van der Waals surface area contributed by atoms with Gasteiger partial charge in [0.1, 0.15) is 5.82 Å². The first-order valence-electron chi connectivity index (χ1n) is 8.40. The molecule has 2 rings (SSSR count). The number of amides is 1. The van der Waals surface area contributed by atoms with Crippen molar-refractivity contribution in [1.29, 1.82) is 0 Å². The zero-order valence-electron chi connectivity index (χ0n) is 14.1. The van der Waals surface area contributed by atoms with Crippen LogP contribution in [0.4, 0.5) is 4.39 Å². The van der Waals surface area contributed by atoms with E-state index in [2.05, 4.69) is 10.2 Å². The highest BCUT2D eigenvalue weighted by molar-refractivity contribution is 5.78. The number of nitrogens with zero attached hydrogens (tertiary/aromatic N) is 1. The number of hydrogen-bond acceptors (Lipinski definition) is 3. The molecule has 1 heterocycles. The van der Waals surface area contributed by atoms with Gasteiger partial charge in [0.25, 0.3) is 0 Å². The average molecular weight is 336 g/mol. The van der Waals surface area contributed by atoms with E-state index in [9.17, 15) is 14.0 Å². The molecule has 1 amide bonds. The Balaban J connectivity index is 1.75. The van der Waals surface area contributed by atoms with Crippen molar-refractivity contribution in [3.05, 3.63) is 35.1 Å². The molecule has 2 N–H and O–H groups in total. The van der Waals surface area contributed by atoms with Crippen LogP contribution in [0.3, 0.4) is 0 Å². The van der Waals surface area contributed by atoms with Crippen molar-refractivity contribution in [2.75, 3.05) is 19.6 Å². The summed E-state index contributed by atoms with van der Waals surface area (Å²) >= 11 is 0. The Morgan fingerprint density at radius 2 is 2.12 bits per heavy atom. The lowest BCUT2D eigenvalue weighted by Gasteiger charge is -2.19. The predicted octanol–water partition coefficient (Wildman–Crippen LogP) is 2.33. The fourth-order valence-electron chi connectivity index (χ4n) is 3.04. The SMILES string of the molecule is Cc1ccc(CNC(=O)CN2CCC[C@H](CC(=O)O)CC2)cc1F. The van der Waals surface area contributed by atoms with Crippen LogP contribution in [0.2, 0.25) is 0 Å². The number of rotatable bonds is 6. The van der Waals surface area contributed by atoms with Crippen molar-refractivity contribution in [3.8, 4) is 0 Å². The zero-order chi connectivity index (χ0) is 17.5. The molecule has 6 heteroatoms. The maximum Gasteiger partial charge on any atom is 0.303 e. The minimum Gasteiger partial charge on any atom is -0.481 e. The summed E-state index contributed by atoms with van der Waals surface area (Å²) < 4.78 is 13.5. The minimum atomic E-state index is -0.753. The zero-order valence-corrected chi connectivity index (χ0v) is 14.1. The second kappa shape index (κ2) is 8.78. The Labute approximate surface area is 141 Å². The highest BCUT2D eigenvalue weighted by Gasteiger charge is 2.20. The third-order valence-electron chi connectivity index (χ3n) is 4.50. The first-order chi connectivity index (χ1) is 11.4. The number of nitrogens with one attached hydrogen (secondary N) is 1. The molecule has 1 aliphatic heterocycles. The lowest BCUT2D eigenvalue weighted by atomic mass is 9.97. The van der Waals surface area contributed by atoms with Gasteiger partial charge in [-0.1, -0.05) is 12.1 Å². The molecule has 1 saturated heterocycles. The van der Waals surface area contributed by atoms with Gasteiger partial charge < -0.3 is 10.4 Å². The van der Waals surface area contributed by atoms with Crippen LogP contribution in [-0.2, 0) is 16.1 Å². The van der Waals surface area contributed by atoms with E-state index in [1.54, 1.807) is 19.1 Å². The number of carboxylic acids is 1. The van der Waals surface area contributed by atoms with Crippen LogP contribution in [0.5, 0.6) is 0 Å². The molecule has 0 aliphatic carbocycles. The van der Waals surface area contributed by atoms with E-state index in [1.165, 1.54) is 6.07 Å². The lowest BCUT2D eigenvalue weighted by molar-refractivity contribution is -0.138. The monoisotopic (exact) mass is 336 g/mol. The number of benzene rings is 1. The molecule has 5 nitrogen and oxygen atoms in total. The Morgan fingerprint density at radius 3 is 2.83 bits per heavy atom. The number of carbonyl (C=O) groups excluding carboxylic acids is 1. The molecule has 0 bridgehead atoms. The summed E-state index contributed by atoms with van der Waals surface area (Å²) in [4.78, 5) is 24.9. The minimum absolute atomic E-state index is 0.0901. The third kappa shape index (κ3) is 5.92. The predicted molar refractivity (Wildman–Crippen MR) is 89.0 cm³/mol. The van der Waals surface area contributed by atoms with Crippen LogP contribution in [0.1, 0.15) is 36.8 Å². The Morgan fingerprint density at radius 1 is 1.33 bits per heavy atom. The summed E-state index contributed by atoms with van der Waals surface area (Å²) in [5.74, 6) is -0.908. The summed E-state index contributed by atoms with van der Waals surface area (Å²) in [6.07, 6.45) is 2.82. The number of aryl methyl sites for hydroxylation is 1. The number of aliphatic carboxylic acids is 1. The number of carboxylic acid groups (broad SMARTS) is 1. The van der Waals surface area contributed by atoms with Gasteiger partial charge >= 0.3 is 5.97 Å². The smallest absolute Gasteiger partial charge is 0.303 e. The molecular weight excluding hydrogens is 311 g/mol. The summed E-state index contributed by atoms with van der Waals surface area (Å²) in [6.45, 7) is 3.86. The van der Waals surface area contributed by atoms with Crippen molar-refractivity contribution in [1.82, 2.24) is 10.2 Å². The Bertz CT molecular complexity index is 592. The fraction of sp³-hybridized carbons (Fsp3) is 0.556. The van der Waals surface area contributed by atoms with Crippen molar-refractivity contribution in [3.63, 3.8) is 0 Å². The first kappa shape index (κ1) is 18.4. The van der Waals surface area contributed by atoms with Crippen LogP contribution in [-0.4, -0.2) is 41.5 Å². The standard InChI is InChI=1S/C18H25FN2O3/c1-13-4-5-15(9-16(13)19)11-20-17(22)12-21-7-2-3-14(6-8-21)10-18(23)24/h4-5,9,14H,2-3,6-8,10-12H2,1H3,(H,20,22)(H,23,24)/t14-/m0/s1. The van der Waals surface area contributed by atoms with Crippen molar-refractivity contribution >= 4 is 11.9 Å². The summed E-state index contributed by atoms with van der Waals surface area (Å²) in [6, 6.07) is 4.95. The van der Waals surface area contributed by atoms with Gasteiger partial charge in [-0.25, -0.2) is 4.39 Å². The quantitative estimate of drug-likeness (QED) is 0.836. The molecule has 24 heavy (non-hydrogen) atoms. The van der Waals surface area contributed by atoms with Gasteiger partial charge in [0, 0.05) is 13.0 Å². The second-order valence-electron chi connectivity index (χ2n) is 6.53. The topological polar surface area (TPSA) is 69.6 Å². The second-order valence-corrected chi connectivity index (χ2v) is 6.53. The number of hydrogen-bond donors (Lipinski definition) is 2. The van der Waals surface area contributed by atoms with Gasteiger partial charge in [-0.2, -0.15) is 0 Å². The van der Waals surface area contributed by atoms with Crippen LogP contribution >= 0.6 is 0 Å². The Hall–Kier alpha value is -1.95. The average Bonchev–Trinajstić information content (AvgIpc) is 2.73. The molecule has 0 spiro atoms. The largest absolute Gasteiger partial charge is 0.481 e. The van der Waals surface area contributed by atoms with Crippen molar-refractivity contribution in [2.45, 2.75) is 39.2 Å². The van der Waals surface area contributed by atoms with E-state index >= 15 is 0 Å². The maximum atomic E-state index is 13.5. The highest BCUT2D eigenvalue weighted by Crippen LogP contribution is 2.20. The molecule has 0 aromatic heterocycles. The first-order valence-corrected chi connectivity index (χ1v) is 8.40. The van der Waals surface area contributed by atoms with E-state index < -0.39 is 5.97 Å². The maximum absolute atomic E-state index is 13.5. The van der Waals surface area contributed by atoms with E-state index in [1.807, 2.05) is 0 Å². The van der Waals surface area contributed by atoms with Gasteiger partial charge in [-0.15, -0.1) is 0 Å². The van der Waals surface area contributed by atoms with E-state index in [4.69, 9.17) is 5.11 Å². The van der Waals surface area contributed by atoms with Crippen LogP contribution in [0.15, 0.2) is 18.2 Å². The highest BCUT2D eigenvalue weighted by atomic mass is 19.1. The third-order valence-corrected chi connectivity index (χ3v) is 4.50. The molecule has 0 saturated carbocycles. The van der Waals surface area contributed by atoms with Crippen LogP contribution in [0.25, 0.3) is 0 Å². The number of likely N-dealkylation sites (tertiary alicyclic amines) is 1. The molecule has 0 radical (unpaired) electrons. The fourth-order valence-corrected chi connectivity index (χ4v) is 3.04. The summed E-state index contributed by atoms with van der Waals surface area (Å²) in [5, 5.41) is 11.7. The Kier molecular flexibility index (Phi) is 6.73. The summed E-state index contributed by atoms with van der Waals surface area (Å²) in [5.41, 5.74) is 1.33. The van der Waals surface area contributed by atoms with Crippen molar-refractivity contribution in [2.24, 2.45) is 5.92 Å². The van der Waals surface area contributed by atoms with Crippen LogP contribution in [0, 0.1) is 18.7 Å². The molecule has 0 unspecified atom stereocenters. The van der Waals surface area contributed by atoms with E-state index in [-0.39, 0.29) is 24.1 Å².